The van der Waals surface area contributed by atoms with Crippen LogP contribution in [0.1, 0.15) is 17.3 Å². The Balaban J connectivity index is 1.70. The summed E-state index contributed by atoms with van der Waals surface area (Å²) in [6, 6.07) is 7.37. The first kappa shape index (κ1) is 11.6. The van der Waals surface area contributed by atoms with Gasteiger partial charge >= 0.3 is 0 Å². The van der Waals surface area contributed by atoms with Gasteiger partial charge in [-0.1, -0.05) is 23.7 Å². The van der Waals surface area contributed by atoms with Crippen LogP contribution in [0.4, 0.5) is 0 Å². The van der Waals surface area contributed by atoms with Crippen molar-refractivity contribution in [3.63, 3.8) is 0 Å². The SMILES string of the molecule is Clc1ccccc1OCc1nc2c(o1)CNCC2. The van der Waals surface area contributed by atoms with E-state index in [4.69, 9.17) is 20.8 Å². The van der Waals surface area contributed by atoms with Crippen molar-refractivity contribution >= 4 is 11.6 Å². The highest BCUT2D eigenvalue weighted by Crippen LogP contribution is 2.24. The smallest absolute Gasteiger partial charge is 0.232 e. The summed E-state index contributed by atoms with van der Waals surface area (Å²) in [6.07, 6.45) is 0.908. The Bertz CT molecular complexity index is 530. The molecule has 1 aromatic heterocycles. The van der Waals surface area contributed by atoms with Gasteiger partial charge in [-0.15, -0.1) is 0 Å². The Morgan fingerprint density at radius 1 is 1.39 bits per heavy atom. The number of para-hydroxylation sites is 1. The van der Waals surface area contributed by atoms with Gasteiger partial charge < -0.3 is 14.5 Å². The number of hydrogen-bond donors (Lipinski definition) is 1. The van der Waals surface area contributed by atoms with Gasteiger partial charge in [0.1, 0.15) is 11.5 Å². The Morgan fingerprint density at radius 2 is 2.28 bits per heavy atom. The molecule has 0 fully saturated rings. The molecular weight excluding hydrogens is 252 g/mol. The summed E-state index contributed by atoms with van der Waals surface area (Å²) in [5.74, 6) is 2.16. The fourth-order valence-electron chi connectivity index (χ4n) is 1.94. The molecule has 3 rings (SSSR count). The average molecular weight is 265 g/mol. The number of oxazole rings is 1. The molecule has 1 aliphatic heterocycles. The molecule has 2 aromatic rings. The quantitative estimate of drug-likeness (QED) is 0.926. The van der Waals surface area contributed by atoms with Gasteiger partial charge in [0, 0.05) is 13.0 Å². The largest absolute Gasteiger partial charge is 0.482 e. The highest BCUT2D eigenvalue weighted by molar-refractivity contribution is 6.32. The van der Waals surface area contributed by atoms with E-state index in [1.54, 1.807) is 6.07 Å². The highest BCUT2D eigenvalue weighted by Gasteiger charge is 2.16. The summed E-state index contributed by atoms with van der Waals surface area (Å²) in [5, 5.41) is 3.83. The van der Waals surface area contributed by atoms with Gasteiger partial charge in [-0.3, -0.25) is 0 Å². The molecule has 1 N–H and O–H groups in total. The molecule has 1 aromatic carbocycles. The average Bonchev–Trinajstić information content (AvgIpc) is 2.80. The van der Waals surface area contributed by atoms with Crippen LogP contribution in [0.25, 0.3) is 0 Å². The predicted octanol–water partition coefficient (Wildman–Crippen LogP) is 2.55. The van der Waals surface area contributed by atoms with E-state index in [9.17, 15) is 0 Å². The van der Waals surface area contributed by atoms with Crippen LogP contribution in [0, 0.1) is 0 Å². The third-order valence-corrected chi connectivity index (χ3v) is 3.15. The minimum Gasteiger partial charge on any atom is -0.482 e. The number of fused-ring (bicyclic) bond motifs is 1. The number of benzene rings is 1. The van der Waals surface area contributed by atoms with E-state index in [1.807, 2.05) is 18.2 Å². The third kappa shape index (κ3) is 2.35. The van der Waals surface area contributed by atoms with Gasteiger partial charge in [0.25, 0.3) is 0 Å². The summed E-state index contributed by atoms with van der Waals surface area (Å²) in [4.78, 5) is 4.42. The summed E-state index contributed by atoms with van der Waals surface area (Å²) in [7, 11) is 0. The fraction of sp³-hybridized carbons (Fsp3) is 0.308. The normalized spacial score (nSPS) is 14.3. The van der Waals surface area contributed by atoms with Crippen LogP contribution in [0.5, 0.6) is 5.75 Å². The number of nitrogens with one attached hydrogen (secondary N) is 1. The summed E-state index contributed by atoms with van der Waals surface area (Å²) < 4.78 is 11.2. The predicted molar refractivity (Wildman–Crippen MR) is 67.7 cm³/mol. The minimum atomic E-state index is 0.302. The van der Waals surface area contributed by atoms with Gasteiger partial charge in [0.05, 0.1) is 17.3 Å². The molecule has 18 heavy (non-hydrogen) atoms. The second-order valence-electron chi connectivity index (χ2n) is 4.12. The van der Waals surface area contributed by atoms with Crippen molar-refractivity contribution in [3.05, 3.63) is 46.6 Å². The van der Waals surface area contributed by atoms with E-state index in [2.05, 4.69) is 10.3 Å². The van der Waals surface area contributed by atoms with Crippen molar-refractivity contribution in [2.75, 3.05) is 6.54 Å². The minimum absolute atomic E-state index is 0.302. The molecule has 0 amide bonds. The van der Waals surface area contributed by atoms with E-state index in [0.29, 0.717) is 23.3 Å². The maximum Gasteiger partial charge on any atom is 0.232 e. The maximum absolute atomic E-state index is 6.01. The molecule has 0 saturated heterocycles. The number of nitrogens with zero attached hydrogens (tertiary/aromatic N) is 1. The zero-order valence-electron chi connectivity index (χ0n) is 9.78. The van der Waals surface area contributed by atoms with Crippen molar-refractivity contribution < 1.29 is 9.15 Å². The van der Waals surface area contributed by atoms with Crippen LogP contribution >= 0.6 is 11.6 Å². The molecule has 0 atom stereocenters. The number of hydrogen-bond acceptors (Lipinski definition) is 4. The Morgan fingerprint density at radius 3 is 3.11 bits per heavy atom. The van der Waals surface area contributed by atoms with E-state index in [1.165, 1.54) is 0 Å². The lowest BCUT2D eigenvalue weighted by Gasteiger charge is -2.08. The highest BCUT2D eigenvalue weighted by atomic mass is 35.5. The van der Waals surface area contributed by atoms with Crippen LogP contribution in [-0.4, -0.2) is 11.5 Å². The Hall–Kier alpha value is -1.52. The molecule has 0 saturated carbocycles. The monoisotopic (exact) mass is 264 g/mol. The van der Waals surface area contributed by atoms with Gasteiger partial charge in [0.15, 0.2) is 6.61 Å². The topological polar surface area (TPSA) is 47.3 Å². The number of rotatable bonds is 3. The first-order valence-electron chi connectivity index (χ1n) is 5.88. The van der Waals surface area contributed by atoms with Gasteiger partial charge in [0.2, 0.25) is 5.89 Å². The first-order chi connectivity index (χ1) is 8.83. The molecule has 4 nitrogen and oxygen atoms in total. The maximum atomic E-state index is 6.01. The van der Waals surface area contributed by atoms with Gasteiger partial charge in [-0.05, 0) is 12.1 Å². The van der Waals surface area contributed by atoms with Crippen molar-refractivity contribution in [2.24, 2.45) is 0 Å². The lowest BCUT2D eigenvalue weighted by molar-refractivity contribution is 0.258. The number of aromatic nitrogens is 1. The molecule has 0 aliphatic carbocycles. The Kier molecular flexibility index (Phi) is 3.21. The summed E-state index contributed by atoms with van der Waals surface area (Å²) in [5.41, 5.74) is 1.03. The standard InChI is InChI=1S/C13H13ClN2O2/c14-9-3-1-2-4-11(9)17-8-13-16-10-5-6-15-7-12(10)18-13/h1-4,15H,5-8H2. The lowest BCUT2D eigenvalue weighted by atomic mass is 10.2. The van der Waals surface area contributed by atoms with E-state index < -0.39 is 0 Å². The zero-order valence-corrected chi connectivity index (χ0v) is 10.5. The van der Waals surface area contributed by atoms with Crippen LogP contribution in [0.2, 0.25) is 5.02 Å². The van der Waals surface area contributed by atoms with Crippen LogP contribution in [-0.2, 0) is 19.6 Å². The molecule has 94 valence electrons. The van der Waals surface area contributed by atoms with Gasteiger partial charge in [-0.2, -0.15) is 0 Å². The molecule has 1 aliphatic rings. The molecule has 0 unspecified atom stereocenters. The van der Waals surface area contributed by atoms with Crippen molar-refractivity contribution in [3.8, 4) is 5.75 Å². The Labute approximate surface area is 110 Å². The van der Waals surface area contributed by atoms with Crippen molar-refractivity contribution in [1.29, 1.82) is 0 Å². The van der Waals surface area contributed by atoms with Crippen LogP contribution in [0.3, 0.4) is 0 Å². The summed E-state index contributed by atoms with van der Waals surface area (Å²) in [6.45, 7) is 2.00. The molecular formula is C13H13ClN2O2. The van der Waals surface area contributed by atoms with Gasteiger partial charge in [-0.25, -0.2) is 4.98 Å². The fourth-order valence-corrected chi connectivity index (χ4v) is 2.13. The summed E-state index contributed by atoms with van der Waals surface area (Å²) >= 11 is 6.01. The second kappa shape index (κ2) is 5.00. The molecule has 2 heterocycles. The molecule has 0 radical (unpaired) electrons. The van der Waals surface area contributed by atoms with E-state index >= 15 is 0 Å². The van der Waals surface area contributed by atoms with Crippen LogP contribution < -0.4 is 10.1 Å². The molecule has 0 bridgehead atoms. The zero-order chi connectivity index (χ0) is 12.4. The van der Waals surface area contributed by atoms with Crippen molar-refractivity contribution in [1.82, 2.24) is 10.3 Å². The van der Waals surface area contributed by atoms with E-state index in [-0.39, 0.29) is 0 Å². The van der Waals surface area contributed by atoms with E-state index in [0.717, 1.165) is 31.0 Å². The second-order valence-corrected chi connectivity index (χ2v) is 4.53. The number of halogens is 1. The first-order valence-corrected chi connectivity index (χ1v) is 6.26. The van der Waals surface area contributed by atoms with Crippen molar-refractivity contribution in [2.45, 2.75) is 19.6 Å². The third-order valence-electron chi connectivity index (χ3n) is 2.83. The molecule has 5 heteroatoms. The van der Waals surface area contributed by atoms with Crippen LogP contribution in [0.15, 0.2) is 28.7 Å². The molecule has 0 spiro atoms. The lowest BCUT2D eigenvalue weighted by Crippen LogP contribution is -2.22. The number of ether oxygens (including phenoxy) is 1.